The molecule has 0 radical (unpaired) electrons. The maximum absolute atomic E-state index is 12.6. The van der Waals surface area contributed by atoms with Crippen LogP contribution >= 0.6 is 0 Å². The molecule has 41 heavy (non-hydrogen) atoms. The van der Waals surface area contributed by atoms with E-state index in [2.05, 4.69) is 0 Å². The van der Waals surface area contributed by atoms with Gasteiger partial charge in [0.05, 0.1) is 50.6 Å². The van der Waals surface area contributed by atoms with Gasteiger partial charge in [-0.2, -0.15) is 0 Å². The minimum atomic E-state index is -0.482. The number of benzene rings is 3. The van der Waals surface area contributed by atoms with E-state index in [1.54, 1.807) is 48.5 Å². The summed E-state index contributed by atoms with van der Waals surface area (Å²) in [7, 11) is 1.34. The van der Waals surface area contributed by atoms with Crippen molar-refractivity contribution in [2.45, 2.75) is 20.3 Å². The molecule has 9 nitrogen and oxygen atoms in total. The molecule has 0 aromatic heterocycles. The number of hydrogen-bond acceptors (Lipinski definition) is 9. The first-order chi connectivity index (χ1) is 19.9. The summed E-state index contributed by atoms with van der Waals surface area (Å²) in [5.41, 5.74) is 2.70. The van der Waals surface area contributed by atoms with Crippen LogP contribution in [0, 0.1) is 5.92 Å². The lowest BCUT2D eigenvalue weighted by atomic mass is 10.0. The zero-order valence-electron chi connectivity index (χ0n) is 23.6. The molecule has 0 bridgehead atoms. The Morgan fingerprint density at radius 3 is 1.71 bits per heavy atom. The van der Waals surface area contributed by atoms with Crippen LogP contribution < -0.4 is 9.47 Å². The molecule has 0 saturated carbocycles. The van der Waals surface area contributed by atoms with Crippen molar-refractivity contribution in [1.82, 2.24) is 0 Å². The number of hydrogen-bond donors (Lipinski definition) is 0. The maximum Gasteiger partial charge on any atom is 0.343 e. The van der Waals surface area contributed by atoms with Gasteiger partial charge < -0.3 is 28.4 Å². The number of rotatable bonds is 16. The van der Waals surface area contributed by atoms with Crippen molar-refractivity contribution in [2.75, 3.05) is 46.8 Å². The van der Waals surface area contributed by atoms with Crippen LogP contribution in [0.5, 0.6) is 11.5 Å². The average molecular weight is 565 g/mol. The molecule has 0 heterocycles. The molecule has 9 heteroatoms. The molecule has 1 atom stereocenters. The topological polar surface area (TPSA) is 107 Å². The van der Waals surface area contributed by atoms with Gasteiger partial charge in [0, 0.05) is 0 Å². The van der Waals surface area contributed by atoms with Gasteiger partial charge in [-0.25, -0.2) is 9.59 Å². The lowest BCUT2D eigenvalue weighted by Gasteiger charge is -2.10. The van der Waals surface area contributed by atoms with E-state index in [-0.39, 0.29) is 24.5 Å². The molecular formula is C32H36O9. The van der Waals surface area contributed by atoms with Gasteiger partial charge in [-0.15, -0.1) is 0 Å². The second-order valence-corrected chi connectivity index (χ2v) is 9.06. The fourth-order valence-corrected chi connectivity index (χ4v) is 3.54. The van der Waals surface area contributed by atoms with E-state index in [1.807, 2.05) is 38.1 Å². The Bertz CT molecular complexity index is 1240. The van der Waals surface area contributed by atoms with E-state index < -0.39 is 5.97 Å². The molecule has 0 spiro atoms. The van der Waals surface area contributed by atoms with Crippen LogP contribution in [0.15, 0.2) is 72.8 Å². The monoisotopic (exact) mass is 564 g/mol. The van der Waals surface area contributed by atoms with Gasteiger partial charge in [0.2, 0.25) is 0 Å². The van der Waals surface area contributed by atoms with Gasteiger partial charge in [-0.05, 0) is 66.1 Å². The molecular weight excluding hydrogens is 528 g/mol. The van der Waals surface area contributed by atoms with E-state index in [0.29, 0.717) is 55.7 Å². The minimum absolute atomic E-state index is 0.0970. The van der Waals surface area contributed by atoms with E-state index in [9.17, 15) is 14.4 Å². The highest BCUT2D eigenvalue weighted by Gasteiger charge is 2.12. The van der Waals surface area contributed by atoms with Crippen LogP contribution in [-0.2, 0) is 23.7 Å². The fourth-order valence-electron chi connectivity index (χ4n) is 3.54. The van der Waals surface area contributed by atoms with Crippen LogP contribution in [0.4, 0.5) is 0 Å². The Morgan fingerprint density at radius 2 is 1.12 bits per heavy atom. The lowest BCUT2D eigenvalue weighted by molar-refractivity contribution is -0.149. The summed E-state index contributed by atoms with van der Waals surface area (Å²) in [5.74, 6) is -0.154. The van der Waals surface area contributed by atoms with Crippen molar-refractivity contribution in [1.29, 1.82) is 0 Å². The third-order valence-corrected chi connectivity index (χ3v) is 6.15. The lowest BCUT2D eigenvalue weighted by Crippen LogP contribution is -2.18. The molecule has 1 unspecified atom stereocenters. The van der Waals surface area contributed by atoms with Crippen LogP contribution in [0.25, 0.3) is 11.1 Å². The number of ether oxygens (including phenoxy) is 6. The molecule has 218 valence electrons. The van der Waals surface area contributed by atoms with Crippen molar-refractivity contribution in [3.63, 3.8) is 0 Å². The summed E-state index contributed by atoms with van der Waals surface area (Å²) in [5, 5.41) is 0. The molecule has 0 saturated heterocycles. The SMILES string of the molecule is CCC(C)C(=O)OCCOCCOCCOc1ccc(C(=O)Oc2ccc(-c3ccc(C(=O)OC)cc3)cc2)cc1. The molecule has 0 fully saturated rings. The molecule has 0 aliphatic carbocycles. The third kappa shape index (κ3) is 10.4. The van der Waals surface area contributed by atoms with Crippen molar-refractivity contribution in [2.24, 2.45) is 5.92 Å². The van der Waals surface area contributed by atoms with E-state index in [4.69, 9.17) is 28.4 Å². The molecule has 3 aromatic rings. The second-order valence-electron chi connectivity index (χ2n) is 9.06. The molecule has 0 aliphatic rings. The van der Waals surface area contributed by atoms with Crippen molar-refractivity contribution in [3.8, 4) is 22.6 Å². The van der Waals surface area contributed by atoms with Gasteiger partial charge in [0.1, 0.15) is 24.7 Å². The zero-order chi connectivity index (χ0) is 29.5. The zero-order valence-corrected chi connectivity index (χ0v) is 23.6. The molecule has 3 aromatic carbocycles. The summed E-state index contributed by atoms with van der Waals surface area (Å²) < 4.78 is 31.8. The van der Waals surface area contributed by atoms with Gasteiger partial charge in [0.15, 0.2) is 0 Å². The molecule has 0 N–H and O–H groups in total. The fraction of sp³-hybridized carbons (Fsp3) is 0.344. The summed E-state index contributed by atoms with van der Waals surface area (Å²) in [6, 6.07) is 20.8. The predicted octanol–water partition coefficient (Wildman–Crippen LogP) is 5.36. The summed E-state index contributed by atoms with van der Waals surface area (Å²) in [6.45, 7) is 5.85. The minimum Gasteiger partial charge on any atom is -0.491 e. The summed E-state index contributed by atoms with van der Waals surface area (Å²) in [4.78, 5) is 35.7. The summed E-state index contributed by atoms with van der Waals surface area (Å²) >= 11 is 0. The Labute approximate surface area is 240 Å². The first-order valence-electron chi connectivity index (χ1n) is 13.5. The number of carbonyl (C=O) groups is 3. The van der Waals surface area contributed by atoms with Crippen molar-refractivity contribution >= 4 is 17.9 Å². The van der Waals surface area contributed by atoms with Gasteiger partial charge in [0.25, 0.3) is 0 Å². The normalized spacial score (nSPS) is 11.4. The van der Waals surface area contributed by atoms with Crippen LogP contribution in [0.3, 0.4) is 0 Å². The number of carbonyl (C=O) groups excluding carboxylic acids is 3. The van der Waals surface area contributed by atoms with Gasteiger partial charge in [-0.1, -0.05) is 38.1 Å². The highest BCUT2D eigenvalue weighted by Crippen LogP contribution is 2.24. The van der Waals surface area contributed by atoms with E-state index in [1.165, 1.54) is 7.11 Å². The van der Waals surface area contributed by atoms with Crippen molar-refractivity contribution in [3.05, 3.63) is 83.9 Å². The standard InChI is InChI=1S/C32H36O9/c1-4-23(2)30(33)40-22-20-38-18-17-37-19-21-39-28-13-11-27(12-14-28)32(35)41-29-15-9-25(10-16-29)24-5-7-26(8-6-24)31(34)36-3/h5-16,23H,4,17-22H2,1-3H3. The molecule has 0 amide bonds. The average Bonchev–Trinajstić information content (AvgIpc) is 3.01. The van der Waals surface area contributed by atoms with Crippen molar-refractivity contribution < 1.29 is 42.8 Å². The number of esters is 3. The largest absolute Gasteiger partial charge is 0.491 e. The highest BCUT2D eigenvalue weighted by atomic mass is 16.6. The first kappa shape index (κ1) is 31.3. The highest BCUT2D eigenvalue weighted by molar-refractivity contribution is 5.91. The van der Waals surface area contributed by atoms with Gasteiger partial charge in [-0.3, -0.25) is 4.79 Å². The Hall–Kier alpha value is -4.21. The molecule has 3 rings (SSSR count). The van der Waals surface area contributed by atoms with Crippen LogP contribution in [-0.4, -0.2) is 64.7 Å². The predicted molar refractivity (Wildman–Crippen MR) is 152 cm³/mol. The maximum atomic E-state index is 12.6. The number of methoxy groups -OCH3 is 1. The Balaban J connectivity index is 1.32. The third-order valence-electron chi connectivity index (χ3n) is 6.15. The smallest absolute Gasteiger partial charge is 0.343 e. The second kappa shape index (κ2) is 16.8. The Morgan fingerprint density at radius 1 is 0.634 bits per heavy atom. The van der Waals surface area contributed by atoms with E-state index >= 15 is 0 Å². The van der Waals surface area contributed by atoms with Crippen LogP contribution in [0.2, 0.25) is 0 Å². The van der Waals surface area contributed by atoms with E-state index in [0.717, 1.165) is 17.5 Å². The van der Waals surface area contributed by atoms with Gasteiger partial charge >= 0.3 is 17.9 Å². The quantitative estimate of drug-likeness (QED) is 0.129. The molecule has 0 aliphatic heterocycles. The van der Waals surface area contributed by atoms with Crippen LogP contribution in [0.1, 0.15) is 41.0 Å². The first-order valence-corrected chi connectivity index (χ1v) is 13.5. The Kier molecular flexibility index (Phi) is 12.8. The summed E-state index contributed by atoms with van der Waals surface area (Å²) in [6.07, 6.45) is 0.752.